The maximum atomic E-state index is 13.0. The van der Waals surface area contributed by atoms with Crippen LogP contribution >= 0.6 is 15.6 Å². The molecule has 0 saturated heterocycles. The van der Waals surface area contributed by atoms with Crippen molar-refractivity contribution in [2.24, 2.45) is 0 Å². The summed E-state index contributed by atoms with van der Waals surface area (Å²) in [4.78, 5) is 71.8. The number of hydrogen-bond donors (Lipinski definition) is 3. The summed E-state index contributed by atoms with van der Waals surface area (Å²) < 4.78 is 67.7. The van der Waals surface area contributed by atoms with Gasteiger partial charge in [0.25, 0.3) is 0 Å². The van der Waals surface area contributed by atoms with Gasteiger partial charge in [-0.3, -0.25) is 37.3 Å². The van der Waals surface area contributed by atoms with Crippen LogP contribution in [0.25, 0.3) is 0 Å². The molecule has 5 atom stereocenters. The molecule has 0 heterocycles. The fourth-order valence-corrected chi connectivity index (χ4v) is 11.2. The average molecular weight is 1230 g/mol. The van der Waals surface area contributed by atoms with Gasteiger partial charge in [0.15, 0.2) is 12.2 Å². The van der Waals surface area contributed by atoms with E-state index in [0.29, 0.717) is 25.7 Å². The summed E-state index contributed by atoms with van der Waals surface area (Å²) >= 11 is 0. The molecule has 0 aliphatic heterocycles. The fraction of sp³-hybridized carbons (Fsp3) is 0.938. The number of hydrogen-bond acceptors (Lipinski definition) is 15. The van der Waals surface area contributed by atoms with Crippen molar-refractivity contribution < 1.29 is 80.2 Å². The van der Waals surface area contributed by atoms with Gasteiger partial charge in [-0.25, -0.2) is 9.13 Å². The van der Waals surface area contributed by atoms with E-state index in [1.165, 1.54) is 148 Å². The van der Waals surface area contributed by atoms with Crippen molar-refractivity contribution in [2.75, 3.05) is 39.6 Å². The Kier molecular flexibility index (Phi) is 57.7. The summed E-state index contributed by atoms with van der Waals surface area (Å²) in [5, 5.41) is 10.5. The Morgan fingerprint density at radius 2 is 0.482 bits per heavy atom. The highest BCUT2D eigenvalue weighted by Gasteiger charge is 2.30. The summed E-state index contributed by atoms with van der Waals surface area (Å²) in [6.07, 6.45) is 45.0. The van der Waals surface area contributed by atoms with E-state index >= 15 is 0 Å². The molecule has 0 aliphatic rings. The minimum absolute atomic E-state index is 0.104. The molecule has 0 aromatic carbocycles. The Morgan fingerprint density at radius 3 is 0.711 bits per heavy atom. The number of ether oxygens (including phenoxy) is 4. The maximum absolute atomic E-state index is 13.0. The van der Waals surface area contributed by atoms with Crippen molar-refractivity contribution in [3.05, 3.63) is 0 Å². The Labute approximate surface area is 505 Å². The molecule has 0 bridgehead atoms. The monoisotopic (exact) mass is 1230 g/mol. The molecule has 0 aromatic heterocycles. The molecule has 83 heavy (non-hydrogen) atoms. The lowest BCUT2D eigenvalue weighted by atomic mass is 10.0. The lowest BCUT2D eigenvalue weighted by Gasteiger charge is -2.21. The fourth-order valence-electron chi connectivity index (χ4n) is 9.63. The molecule has 3 N–H and O–H groups in total. The minimum atomic E-state index is -4.94. The van der Waals surface area contributed by atoms with E-state index in [9.17, 15) is 43.2 Å². The first-order chi connectivity index (χ1) is 40.2. The highest BCUT2D eigenvalue weighted by Crippen LogP contribution is 2.45. The van der Waals surface area contributed by atoms with Gasteiger partial charge in [0.05, 0.1) is 26.4 Å². The predicted molar refractivity (Wildman–Crippen MR) is 331 cm³/mol. The zero-order chi connectivity index (χ0) is 61.2. The van der Waals surface area contributed by atoms with E-state index in [1.54, 1.807) is 0 Å². The van der Waals surface area contributed by atoms with Crippen molar-refractivity contribution in [3.8, 4) is 0 Å². The van der Waals surface area contributed by atoms with E-state index in [1.807, 2.05) is 0 Å². The summed E-state index contributed by atoms with van der Waals surface area (Å²) in [5.41, 5.74) is 0. The third-order valence-corrected chi connectivity index (χ3v) is 16.8. The molecular formula is C64H124O17P2. The van der Waals surface area contributed by atoms with Crippen molar-refractivity contribution in [1.29, 1.82) is 0 Å². The van der Waals surface area contributed by atoms with Crippen LogP contribution in [0.15, 0.2) is 0 Å². The molecule has 0 fully saturated rings. The van der Waals surface area contributed by atoms with Crippen LogP contribution in [0.1, 0.15) is 329 Å². The molecule has 0 aromatic rings. The highest BCUT2D eigenvalue weighted by molar-refractivity contribution is 7.47. The number of phosphoric ester groups is 2. The number of rotatable bonds is 65. The van der Waals surface area contributed by atoms with Crippen molar-refractivity contribution in [2.45, 2.75) is 348 Å². The van der Waals surface area contributed by atoms with Crippen molar-refractivity contribution >= 4 is 39.5 Å². The second-order valence-electron chi connectivity index (χ2n) is 23.2. The number of carbonyl (C=O) groups is 4. The lowest BCUT2D eigenvalue weighted by Crippen LogP contribution is -2.30. The third-order valence-electron chi connectivity index (χ3n) is 14.9. The van der Waals surface area contributed by atoms with Crippen LogP contribution in [0.3, 0.4) is 0 Å². The highest BCUT2D eigenvalue weighted by atomic mass is 31.2. The Hall–Kier alpha value is -1.94. The molecule has 0 rings (SSSR count). The average Bonchev–Trinajstić information content (AvgIpc) is 3.46. The van der Waals surface area contributed by atoms with Gasteiger partial charge in [0, 0.05) is 25.7 Å². The molecule has 2 unspecified atom stereocenters. The smallest absolute Gasteiger partial charge is 0.462 e. The van der Waals surface area contributed by atoms with Crippen LogP contribution < -0.4 is 0 Å². The third kappa shape index (κ3) is 58.8. The first-order valence-corrected chi connectivity index (χ1v) is 36.8. The quantitative estimate of drug-likeness (QED) is 0.0222. The maximum Gasteiger partial charge on any atom is 0.472 e. The molecule has 0 spiro atoms. The number of aliphatic hydroxyl groups excluding tert-OH is 1. The molecule has 0 aliphatic carbocycles. The number of phosphoric acid groups is 2. The Morgan fingerprint density at radius 1 is 0.289 bits per heavy atom. The molecule has 0 radical (unpaired) electrons. The molecule has 17 nitrogen and oxygen atoms in total. The molecule has 492 valence electrons. The van der Waals surface area contributed by atoms with Crippen LogP contribution in [0.2, 0.25) is 0 Å². The van der Waals surface area contributed by atoms with Gasteiger partial charge < -0.3 is 33.8 Å². The van der Waals surface area contributed by atoms with E-state index in [4.69, 9.17) is 37.0 Å². The van der Waals surface area contributed by atoms with Gasteiger partial charge in [-0.05, 0) is 25.7 Å². The normalized spacial score (nSPS) is 14.2. The van der Waals surface area contributed by atoms with Gasteiger partial charge in [0.2, 0.25) is 0 Å². The minimum Gasteiger partial charge on any atom is -0.462 e. The van der Waals surface area contributed by atoms with Crippen LogP contribution in [-0.4, -0.2) is 96.7 Å². The number of esters is 4. The standard InChI is InChI=1S/C64H124O17P2/c1-5-9-13-17-20-23-25-26-27-28-29-30-31-32-33-34-36-39-43-47-51-64(69)81-60(55-75-62(67)49-45-41-38-35-24-21-18-14-10-6-2)57-79-83(72,73)77-53-58(65)52-76-82(70,71)78-56-59(54-74-61(66)48-44-40-16-12-8-4)80-63(68)50-46-42-37-22-19-15-11-7-3/h58-60,65H,5-57H2,1-4H3,(H,70,71)(H,72,73)/t58-,59+,60+/m0/s1. The van der Waals surface area contributed by atoms with Gasteiger partial charge in [-0.2, -0.15) is 0 Å². The van der Waals surface area contributed by atoms with Crippen LogP contribution in [0.5, 0.6) is 0 Å². The van der Waals surface area contributed by atoms with Gasteiger partial charge in [0.1, 0.15) is 19.3 Å². The Balaban J connectivity index is 5.07. The van der Waals surface area contributed by atoms with Gasteiger partial charge in [-0.15, -0.1) is 0 Å². The number of aliphatic hydroxyl groups is 1. The van der Waals surface area contributed by atoms with E-state index in [0.717, 1.165) is 103 Å². The van der Waals surface area contributed by atoms with Crippen LogP contribution in [0.4, 0.5) is 0 Å². The first kappa shape index (κ1) is 81.1. The number of unbranched alkanes of at least 4 members (excludes halogenated alkanes) is 39. The zero-order valence-electron chi connectivity index (χ0n) is 53.2. The van der Waals surface area contributed by atoms with E-state index < -0.39 is 97.5 Å². The second kappa shape index (κ2) is 59.0. The molecule has 0 saturated carbocycles. The summed E-state index contributed by atoms with van der Waals surface area (Å²) in [6.45, 7) is 4.77. The summed E-state index contributed by atoms with van der Waals surface area (Å²) in [7, 11) is -9.87. The second-order valence-corrected chi connectivity index (χ2v) is 26.1. The Bertz CT molecular complexity index is 1600. The largest absolute Gasteiger partial charge is 0.472 e. The molecular weight excluding hydrogens is 1100 g/mol. The summed E-state index contributed by atoms with van der Waals surface area (Å²) in [6, 6.07) is 0. The summed E-state index contributed by atoms with van der Waals surface area (Å²) in [5.74, 6) is -2.15. The van der Waals surface area contributed by atoms with E-state index in [-0.39, 0.29) is 25.7 Å². The van der Waals surface area contributed by atoms with Crippen molar-refractivity contribution in [1.82, 2.24) is 0 Å². The van der Waals surface area contributed by atoms with Crippen LogP contribution in [-0.2, 0) is 65.4 Å². The van der Waals surface area contributed by atoms with Gasteiger partial charge in [-0.1, -0.05) is 278 Å². The predicted octanol–water partition coefficient (Wildman–Crippen LogP) is 17.9. The van der Waals surface area contributed by atoms with Gasteiger partial charge >= 0.3 is 39.5 Å². The zero-order valence-corrected chi connectivity index (χ0v) is 54.9. The molecule has 0 amide bonds. The van der Waals surface area contributed by atoms with Crippen molar-refractivity contribution in [3.63, 3.8) is 0 Å². The topological polar surface area (TPSA) is 237 Å². The lowest BCUT2D eigenvalue weighted by molar-refractivity contribution is -0.161. The first-order valence-electron chi connectivity index (χ1n) is 33.8. The van der Waals surface area contributed by atoms with E-state index in [2.05, 4.69) is 27.7 Å². The molecule has 19 heteroatoms. The SMILES string of the molecule is CCCCCCCCCCCCCCCCCCCCCCC(=O)O[C@H](COC(=O)CCCCCCCCCCCC)COP(=O)(O)OC[C@@H](O)COP(=O)(O)OC[C@@H](COC(=O)CCCCCCC)OC(=O)CCCCCCCCCC. The van der Waals surface area contributed by atoms with Crippen LogP contribution in [0, 0.1) is 0 Å². The number of carbonyl (C=O) groups excluding carboxylic acids is 4.